The first-order valence-corrected chi connectivity index (χ1v) is 11.8. The second-order valence-corrected chi connectivity index (χ2v) is 9.88. The largest absolute Gasteiger partial charge is 0.333 e. The lowest BCUT2D eigenvalue weighted by Crippen LogP contribution is -2.44. The van der Waals surface area contributed by atoms with E-state index in [0.29, 0.717) is 39.6 Å². The highest BCUT2D eigenvalue weighted by Crippen LogP contribution is 2.53. The van der Waals surface area contributed by atoms with Crippen LogP contribution >= 0.6 is 17.2 Å². The minimum absolute atomic E-state index is 0.296. The average molecular weight is 436 g/mol. The van der Waals surface area contributed by atoms with Crippen molar-refractivity contribution in [2.75, 3.05) is 26.4 Å². The summed E-state index contributed by atoms with van der Waals surface area (Å²) in [6.07, 6.45) is 0. The van der Waals surface area contributed by atoms with E-state index in [9.17, 15) is 0 Å². The summed E-state index contributed by atoms with van der Waals surface area (Å²) in [5.41, 5.74) is 4.38. The molecule has 0 bridgehead atoms. The van der Waals surface area contributed by atoms with Gasteiger partial charge in [0.25, 0.3) is 0 Å². The van der Waals surface area contributed by atoms with Gasteiger partial charge in [0.05, 0.1) is 45.1 Å². The Morgan fingerprint density at radius 2 is 1.07 bits per heavy atom. The van der Waals surface area contributed by atoms with Gasteiger partial charge >= 0.3 is 17.2 Å². The molecule has 4 rings (SSSR count). The lowest BCUT2D eigenvalue weighted by Gasteiger charge is -2.41. The van der Waals surface area contributed by atoms with Crippen LogP contribution in [0.15, 0.2) is 48.5 Å². The van der Waals surface area contributed by atoms with Crippen molar-refractivity contribution in [1.82, 2.24) is 0 Å². The monoisotopic (exact) mass is 436 g/mol. The normalized spacial score (nSPS) is 27.2. The Bertz CT molecular complexity index is 730. The number of rotatable bonds is 6. The van der Waals surface area contributed by atoms with Gasteiger partial charge in [-0.15, -0.1) is 0 Å². The molecule has 6 nitrogen and oxygen atoms in total. The quantitative estimate of drug-likeness (QED) is 0.552. The standard InChI is InChI=1S/C21H26O6P2/c1-17-7-3-5-9-19(17)11-22-28-24-13-21(14-25-28)15-26-29(27-16-21)23-12-20-10-6-4-8-18(20)2/h3-10H,11-16H2,1-2H3. The van der Waals surface area contributed by atoms with Gasteiger partial charge in [-0.3, -0.25) is 0 Å². The summed E-state index contributed by atoms with van der Waals surface area (Å²) < 4.78 is 35.0. The Balaban J connectivity index is 1.19. The first-order valence-electron chi connectivity index (χ1n) is 9.60. The lowest BCUT2D eigenvalue weighted by atomic mass is 9.93. The van der Waals surface area contributed by atoms with Crippen LogP contribution < -0.4 is 0 Å². The highest BCUT2D eigenvalue weighted by molar-refractivity contribution is 7.42. The van der Waals surface area contributed by atoms with Crippen molar-refractivity contribution >= 4 is 17.2 Å². The molecule has 0 N–H and O–H groups in total. The zero-order valence-electron chi connectivity index (χ0n) is 16.7. The fraction of sp³-hybridized carbons (Fsp3) is 0.429. The van der Waals surface area contributed by atoms with Gasteiger partial charge in [-0.1, -0.05) is 48.5 Å². The van der Waals surface area contributed by atoms with E-state index in [1.165, 1.54) is 11.1 Å². The molecular weight excluding hydrogens is 410 g/mol. The fourth-order valence-corrected chi connectivity index (χ4v) is 5.47. The zero-order chi connectivity index (χ0) is 20.1. The molecule has 2 saturated heterocycles. The molecule has 2 aromatic rings. The third-order valence-corrected chi connectivity index (χ3v) is 7.12. The summed E-state index contributed by atoms with van der Waals surface area (Å²) in [7, 11) is -2.69. The Morgan fingerprint density at radius 3 is 1.45 bits per heavy atom. The van der Waals surface area contributed by atoms with Gasteiger partial charge in [0.15, 0.2) is 0 Å². The van der Waals surface area contributed by atoms with Crippen LogP contribution in [0.25, 0.3) is 0 Å². The van der Waals surface area contributed by atoms with Crippen molar-refractivity contribution in [2.45, 2.75) is 27.1 Å². The maximum absolute atomic E-state index is 5.84. The predicted octanol–water partition coefficient (Wildman–Crippen LogP) is 5.57. The van der Waals surface area contributed by atoms with E-state index < -0.39 is 17.2 Å². The number of benzene rings is 2. The minimum Gasteiger partial charge on any atom is -0.311 e. The van der Waals surface area contributed by atoms with E-state index in [1.807, 2.05) is 24.3 Å². The number of hydrogen-bond acceptors (Lipinski definition) is 6. The summed E-state index contributed by atoms with van der Waals surface area (Å²) in [5.74, 6) is 0. The molecule has 8 heteroatoms. The molecule has 1 spiro atoms. The average Bonchev–Trinajstić information content (AvgIpc) is 2.75. The van der Waals surface area contributed by atoms with Crippen LogP contribution in [0.3, 0.4) is 0 Å². The molecule has 0 aliphatic carbocycles. The van der Waals surface area contributed by atoms with Gasteiger partial charge in [-0.05, 0) is 36.1 Å². The molecule has 2 heterocycles. The van der Waals surface area contributed by atoms with Crippen molar-refractivity contribution in [1.29, 1.82) is 0 Å². The Hall–Kier alpha value is -0.940. The SMILES string of the molecule is Cc1ccccc1COP1OCC2(CO1)COP(OCc1ccccc1C)OC2. The molecule has 0 aromatic heterocycles. The van der Waals surface area contributed by atoms with E-state index in [1.54, 1.807) is 0 Å². The Morgan fingerprint density at radius 1 is 0.690 bits per heavy atom. The minimum atomic E-state index is -1.35. The van der Waals surface area contributed by atoms with Crippen molar-refractivity contribution in [3.63, 3.8) is 0 Å². The molecular formula is C21H26O6P2. The van der Waals surface area contributed by atoms with Crippen molar-refractivity contribution in [3.8, 4) is 0 Å². The maximum Gasteiger partial charge on any atom is 0.333 e. The Labute approximate surface area is 174 Å². The second kappa shape index (κ2) is 9.91. The summed E-state index contributed by atoms with van der Waals surface area (Å²) in [4.78, 5) is 0. The second-order valence-electron chi connectivity index (χ2n) is 7.44. The van der Waals surface area contributed by atoms with Gasteiger partial charge in [0.1, 0.15) is 0 Å². The topological polar surface area (TPSA) is 55.4 Å². The fourth-order valence-electron chi connectivity index (χ4n) is 3.02. The van der Waals surface area contributed by atoms with E-state index in [4.69, 9.17) is 27.1 Å². The molecule has 0 radical (unpaired) electrons. The van der Waals surface area contributed by atoms with Gasteiger partial charge in [0.2, 0.25) is 0 Å². The highest BCUT2D eigenvalue weighted by Gasteiger charge is 2.44. The van der Waals surface area contributed by atoms with Crippen molar-refractivity contribution in [3.05, 3.63) is 70.8 Å². The molecule has 156 valence electrons. The maximum atomic E-state index is 5.84. The third kappa shape index (κ3) is 5.61. The van der Waals surface area contributed by atoms with E-state index in [2.05, 4.69) is 38.1 Å². The van der Waals surface area contributed by atoms with E-state index in [0.717, 1.165) is 11.1 Å². The van der Waals surface area contributed by atoms with Gasteiger partial charge < -0.3 is 27.1 Å². The van der Waals surface area contributed by atoms with Gasteiger partial charge in [-0.25, -0.2) is 0 Å². The molecule has 0 saturated carbocycles. The predicted molar refractivity (Wildman–Crippen MR) is 112 cm³/mol. The van der Waals surface area contributed by atoms with E-state index in [-0.39, 0.29) is 5.41 Å². The molecule has 2 aliphatic heterocycles. The first-order chi connectivity index (χ1) is 14.1. The zero-order valence-corrected chi connectivity index (χ0v) is 18.5. The molecule has 2 fully saturated rings. The van der Waals surface area contributed by atoms with Crippen LogP contribution in [0.4, 0.5) is 0 Å². The van der Waals surface area contributed by atoms with Crippen LogP contribution in [0, 0.1) is 19.3 Å². The molecule has 2 aliphatic rings. The highest BCUT2D eigenvalue weighted by atomic mass is 31.2. The van der Waals surface area contributed by atoms with Crippen LogP contribution in [0.2, 0.25) is 0 Å². The van der Waals surface area contributed by atoms with Crippen LogP contribution in [0.1, 0.15) is 22.3 Å². The molecule has 0 unspecified atom stereocenters. The number of hydrogen-bond donors (Lipinski definition) is 0. The van der Waals surface area contributed by atoms with E-state index >= 15 is 0 Å². The lowest BCUT2D eigenvalue weighted by molar-refractivity contribution is -0.0772. The van der Waals surface area contributed by atoms with Crippen LogP contribution in [-0.2, 0) is 40.4 Å². The van der Waals surface area contributed by atoms with Gasteiger partial charge in [-0.2, -0.15) is 0 Å². The molecule has 0 amide bonds. The van der Waals surface area contributed by atoms with Crippen LogP contribution in [-0.4, -0.2) is 26.4 Å². The van der Waals surface area contributed by atoms with Crippen molar-refractivity contribution in [2.24, 2.45) is 5.41 Å². The molecule has 0 atom stereocenters. The van der Waals surface area contributed by atoms with Crippen molar-refractivity contribution < 1.29 is 27.1 Å². The van der Waals surface area contributed by atoms with Crippen LogP contribution in [0.5, 0.6) is 0 Å². The summed E-state index contributed by atoms with van der Waals surface area (Å²) in [6, 6.07) is 16.3. The molecule has 2 aromatic carbocycles. The number of aryl methyl sites for hydroxylation is 2. The summed E-state index contributed by atoms with van der Waals surface area (Å²) in [6.45, 7) is 7.08. The first kappa shape index (κ1) is 21.3. The summed E-state index contributed by atoms with van der Waals surface area (Å²) >= 11 is 0. The Kier molecular flexibility index (Phi) is 7.28. The smallest absolute Gasteiger partial charge is 0.311 e. The third-order valence-electron chi connectivity index (χ3n) is 5.08. The van der Waals surface area contributed by atoms with Gasteiger partial charge in [0, 0.05) is 0 Å². The summed E-state index contributed by atoms with van der Waals surface area (Å²) in [5, 5.41) is 0. The molecule has 29 heavy (non-hydrogen) atoms.